The molecule has 0 aliphatic rings. The van der Waals surface area contributed by atoms with E-state index in [4.69, 9.17) is 0 Å². The van der Waals surface area contributed by atoms with Gasteiger partial charge in [0.2, 0.25) is 0 Å². The zero-order chi connectivity index (χ0) is 10.1. The van der Waals surface area contributed by atoms with Gasteiger partial charge in [-0.1, -0.05) is 24.3 Å². The Hall–Kier alpha value is -1.83. The Morgan fingerprint density at radius 3 is 2.36 bits per heavy atom. The molecule has 2 aromatic carbocycles. The van der Waals surface area contributed by atoms with Crippen LogP contribution >= 0.6 is 0 Å². The van der Waals surface area contributed by atoms with Crippen LogP contribution < -0.4 is 0 Å². The van der Waals surface area contributed by atoms with Gasteiger partial charge in [0.25, 0.3) is 0 Å². The number of fused-ring (bicyclic) bond motifs is 1. The monoisotopic (exact) mass is 186 g/mol. The number of hydrogen-bond donors (Lipinski definition) is 1. The molecule has 0 bridgehead atoms. The van der Waals surface area contributed by atoms with Crippen molar-refractivity contribution in [1.82, 2.24) is 0 Å². The normalized spacial score (nSPS) is 10.4. The third-order valence-electron chi connectivity index (χ3n) is 2.28. The van der Waals surface area contributed by atoms with E-state index < -0.39 is 0 Å². The summed E-state index contributed by atoms with van der Waals surface area (Å²) in [5.41, 5.74) is 0.651. The quantitative estimate of drug-likeness (QED) is 0.695. The first-order valence-electron chi connectivity index (χ1n) is 4.42. The van der Waals surface area contributed by atoms with Crippen molar-refractivity contribution in [3.63, 3.8) is 0 Å². The lowest BCUT2D eigenvalue weighted by Gasteiger charge is -2.04. The molecule has 0 unspecified atom stereocenters. The average Bonchev–Trinajstić information content (AvgIpc) is 2.18. The van der Waals surface area contributed by atoms with E-state index in [0.29, 0.717) is 5.56 Å². The van der Waals surface area contributed by atoms with Gasteiger partial charge in [0, 0.05) is 10.9 Å². The third kappa shape index (κ3) is 1.25. The van der Waals surface area contributed by atoms with Crippen molar-refractivity contribution >= 4 is 16.6 Å². The maximum atomic E-state index is 11.3. The first kappa shape index (κ1) is 8.75. The molecule has 1 N–H and O–H groups in total. The SMILES string of the molecule is CC(=O)c1ccc(O)c2ccccc12. The van der Waals surface area contributed by atoms with Crippen LogP contribution in [0.1, 0.15) is 17.3 Å². The van der Waals surface area contributed by atoms with Crippen molar-refractivity contribution in [2.24, 2.45) is 0 Å². The van der Waals surface area contributed by atoms with E-state index in [1.54, 1.807) is 18.2 Å². The molecule has 2 aromatic rings. The zero-order valence-corrected chi connectivity index (χ0v) is 7.82. The number of benzene rings is 2. The lowest BCUT2D eigenvalue weighted by molar-refractivity contribution is 0.101. The van der Waals surface area contributed by atoms with E-state index in [1.165, 1.54) is 6.92 Å². The lowest BCUT2D eigenvalue weighted by atomic mass is 10.0. The molecule has 0 heterocycles. The molecule has 0 saturated carbocycles. The van der Waals surface area contributed by atoms with Crippen molar-refractivity contribution in [3.05, 3.63) is 42.0 Å². The van der Waals surface area contributed by atoms with E-state index in [1.807, 2.05) is 18.2 Å². The molecule has 2 heteroatoms. The molecule has 2 rings (SSSR count). The standard InChI is InChI=1S/C12H10O2/c1-8(13)9-6-7-12(14)11-5-3-2-4-10(9)11/h2-7,14H,1H3. The number of phenolic OH excluding ortho intramolecular Hbond substituents is 1. The second-order valence-corrected chi connectivity index (χ2v) is 3.23. The van der Waals surface area contributed by atoms with Crippen molar-refractivity contribution in [1.29, 1.82) is 0 Å². The van der Waals surface area contributed by atoms with Crippen molar-refractivity contribution < 1.29 is 9.90 Å². The van der Waals surface area contributed by atoms with Crippen LogP contribution in [0.5, 0.6) is 5.75 Å². The summed E-state index contributed by atoms with van der Waals surface area (Å²) in [5.74, 6) is 0.229. The number of carbonyl (C=O) groups excluding carboxylic acids is 1. The van der Waals surface area contributed by atoms with Gasteiger partial charge in [-0.3, -0.25) is 4.79 Å². The number of ketones is 1. The molecule has 0 saturated heterocycles. The number of phenols is 1. The van der Waals surface area contributed by atoms with Crippen LogP contribution in [0.15, 0.2) is 36.4 Å². The Kier molecular flexibility index (Phi) is 1.97. The average molecular weight is 186 g/mol. The second-order valence-electron chi connectivity index (χ2n) is 3.23. The molecule has 0 fully saturated rings. The number of hydrogen-bond acceptors (Lipinski definition) is 2. The Morgan fingerprint density at radius 2 is 1.71 bits per heavy atom. The fraction of sp³-hybridized carbons (Fsp3) is 0.0833. The highest BCUT2D eigenvalue weighted by Crippen LogP contribution is 2.27. The molecule has 0 radical (unpaired) electrons. The molecule has 14 heavy (non-hydrogen) atoms. The Bertz CT molecular complexity index is 501. The van der Waals surface area contributed by atoms with E-state index in [-0.39, 0.29) is 11.5 Å². The van der Waals surface area contributed by atoms with Crippen LogP contribution in [0.4, 0.5) is 0 Å². The van der Waals surface area contributed by atoms with Crippen LogP contribution in [0.25, 0.3) is 10.8 Å². The van der Waals surface area contributed by atoms with Crippen molar-refractivity contribution in [2.75, 3.05) is 0 Å². The van der Waals surface area contributed by atoms with Crippen LogP contribution in [0.2, 0.25) is 0 Å². The minimum absolute atomic E-state index is 0.0150. The molecular weight excluding hydrogens is 176 g/mol. The molecule has 2 nitrogen and oxygen atoms in total. The van der Waals surface area contributed by atoms with Gasteiger partial charge in [0.1, 0.15) is 5.75 Å². The summed E-state index contributed by atoms with van der Waals surface area (Å²) in [6, 6.07) is 10.5. The summed E-state index contributed by atoms with van der Waals surface area (Å²) in [6.07, 6.45) is 0. The minimum Gasteiger partial charge on any atom is -0.507 e. The summed E-state index contributed by atoms with van der Waals surface area (Å²) >= 11 is 0. The summed E-state index contributed by atoms with van der Waals surface area (Å²) in [4.78, 5) is 11.3. The highest BCUT2D eigenvalue weighted by atomic mass is 16.3. The van der Waals surface area contributed by atoms with E-state index in [0.717, 1.165) is 10.8 Å². The van der Waals surface area contributed by atoms with Gasteiger partial charge in [-0.15, -0.1) is 0 Å². The summed E-state index contributed by atoms with van der Waals surface area (Å²) in [5, 5.41) is 11.1. The van der Waals surface area contributed by atoms with Crippen LogP contribution in [0, 0.1) is 0 Å². The number of aromatic hydroxyl groups is 1. The van der Waals surface area contributed by atoms with Gasteiger partial charge in [-0.05, 0) is 24.4 Å². The smallest absolute Gasteiger partial charge is 0.160 e. The zero-order valence-electron chi connectivity index (χ0n) is 7.82. The predicted molar refractivity (Wildman–Crippen MR) is 55.6 cm³/mol. The Morgan fingerprint density at radius 1 is 1.07 bits per heavy atom. The van der Waals surface area contributed by atoms with Gasteiger partial charge in [0.05, 0.1) is 0 Å². The highest BCUT2D eigenvalue weighted by molar-refractivity contribution is 6.08. The minimum atomic E-state index is 0.0150. The first-order chi connectivity index (χ1) is 6.70. The fourth-order valence-electron chi connectivity index (χ4n) is 1.59. The molecule has 0 atom stereocenters. The van der Waals surface area contributed by atoms with E-state index in [2.05, 4.69) is 0 Å². The molecule has 0 spiro atoms. The topological polar surface area (TPSA) is 37.3 Å². The molecule has 0 aliphatic carbocycles. The molecule has 0 amide bonds. The number of Topliss-reactive ketones (excluding diaryl/α,β-unsaturated/α-hetero) is 1. The maximum absolute atomic E-state index is 11.3. The number of carbonyl (C=O) groups is 1. The van der Waals surface area contributed by atoms with Crippen LogP contribution in [-0.4, -0.2) is 10.9 Å². The van der Waals surface area contributed by atoms with Gasteiger partial charge in [-0.2, -0.15) is 0 Å². The molecule has 0 aromatic heterocycles. The second kappa shape index (κ2) is 3.14. The molecule has 70 valence electrons. The fourth-order valence-corrected chi connectivity index (χ4v) is 1.59. The molecule has 0 aliphatic heterocycles. The van der Waals surface area contributed by atoms with Crippen molar-refractivity contribution in [2.45, 2.75) is 6.92 Å². The van der Waals surface area contributed by atoms with Gasteiger partial charge < -0.3 is 5.11 Å². The highest BCUT2D eigenvalue weighted by Gasteiger charge is 2.07. The van der Waals surface area contributed by atoms with E-state index in [9.17, 15) is 9.90 Å². The lowest BCUT2D eigenvalue weighted by Crippen LogP contribution is -1.92. The van der Waals surface area contributed by atoms with Gasteiger partial charge in [-0.25, -0.2) is 0 Å². The van der Waals surface area contributed by atoms with Crippen LogP contribution in [-0.2, 0) is 0 Å². The summed E-state index contributed by atoms with van der Waals surface area (Å²) in [7, 11) is 0. The Labute approximate surface area is 81.8 Å². The third-order valence-corrected chi connectivity index (χ3v) is 2.28. The van der Waals surface area contributed by atoms with Crippen LogP contribution in [0.3, 0.4) is 0 Å². The summed E-state index contributed by atoms with van der Waals surface area (Å²) < 4.78 is 0. The van der Waals surface area contributed by atoms with Gasteiger partial charge in [0.15, 0.2) is 5.78 Å². The predicted octanol–water partition coefficient (Wildman–Crippen LogP) is 2.75. The van der Waals surface area contributed by atoms with E-state index >= 15 is 0 Å². The number of rotatable bonds is 1. The summed E-state index contributed by atoms with van der Waals surface area (Å²) in [6.45, 7) is 1.53. The first-order valence-corrected chi connectivity index (χ1v) is 4.42. The van der Waals surface area contributed by atoms with Crippen molar-refractivity contribution in [3.8, 4) is 5.75 Å². The largest absolute Gasteiger partial charge is 0.507 e. The Balaban J connectivity index is 2.88. The van der Waals surface area contributed by atoms with Gasteiger partial charge >= 0.3 is 0 Å². The maximum Gasteiger partial charge on any atom is 0.160 e. The molecular formula is C12H10O2.